The summed E-state index contributed by atoms with van der Waals surface area (Å²) >= 11 is 3.42. The molecule has 0 unspecified atom stereocenters. The van der Waals surface area contributed by atoms with Crippen LogP contribution in [-0.4, -0.2) is 24.6 Å². The number of nitrogens with one attached hydrogen (secondary N) is 1. The Morgan fingerprint density at radius 2 is 1.86 bits per heavy atom. The fourth-order valence-corrected chi connectivity index (χ4v) is 4.18. The molecule has 0 aromatic heterocycles. The SMILES string of the molecule is Cc1cccc(COc2ccc(Br)cc2/C=C2\C(=O)NC(=O)N(c3ccc4c(c3)OCO4)C2=O)c1. The Morgan fingerprint density at radius 1 is 1.03 bits per heavy atom. The van der Waals surface area contributed by atoms with Gasteiger partial charge in [-0.3, -0.25) is 14.9 Å². The number of ether oxygens (including phenoxy) is 3. The molecule has 35 heavy (non-hydrogen) atoms. The average Bonchev–Trinajstić information content (AvgIpc) is 3.29. The van der Waals surface area contributed by atoms with E-state index in [1.807, 2.05) is 31.2 Å². The normalized spacial score (nSPS) is 16.0. The van der Waals surface area contributed by atoms with Crippen molar-refractivity contribution >= 4 is 45.5 Å². The number of halogens is 1. The molecule has 1 fully saturated rings. The summed E-state index contributed by atoms with van der Waals surface area (Å²) in [5.74, 6) is -0.155. The largest absolute Gasteiger partial charge is 0.488 e. The van der Waals surface area contributed by atoms with Gasteiger partial charge in [-0.15, -0.1) is 0 Å². The average molecular weight is 535 g/mol. The van der Waals surface area contributed by atoms with Crippen molar-refractivity contribution in [1.29, 1.82) is 0 Å². The molecule has 0 saturated carbocycles. The lowest BCUT2D eigenvalue weighted by atomic mass is 10.1. The van der Waals surface area contributed by atoms with Gasteiger partial charge in [0.1, 0.15) is 17.9 Å². The summed E-state index contributed by atoms with van der Waals surface area (Å²) in [7, 11) is 0. The molecule has 0 bridgehead atoms. The van der Waals surface area contributed by atoms with Crippen molar-refractivity contribution in [1.82, 2.24) is 5.32 Å². The lowest BCUT2D eigenvalue weighted by Gasteiger charge is -2.26. The summed E-state index contributed by atoms with van der Waals surface area (Å²) in [6, 6.07) is 17.0. The van der Waals surface area contributed by atoms with Crippen molar-refractivity contribution in [3.63, 3.8) is 0 Å². The number of fused-ring (bicyclic) bond motifs is 1. The molecule has 3 aromatic rings. The van der Waals surface area contributed by atoms with Crippen LogP contribution in [0.1, 0.15) is 16.7 Å². The number of benzene rings is 3. The van der Waals surface area contributed by atoms with Crippen molar-refractivity contribution < 1.29 is 28.6 Å². The van der Waals surface area contributed by atoms with Gasteiger partial charge in [0.25, 0.3) is 11.8 Å². The fraction of sp³-hybridized carbons (Fsp3) is 0.115. The van der Waals surface area contributed by atoms with E-state index in [9.17, 15) is 14.4 Å². The van der Waals surface area contributed by atoms with Crippen LogP contribution in [0.5, 0.6) is 17.2 Å². The molecule has 0 spiro atoms. The van der Waals surface area contributed by atoms with Crippen LogP contribution in [0.4, 0.5) is 10.5 Å². The van der Waals surface area contributed by atoms with Crippen LogP contribution in [0.2, 0.25) is 0 Å². The third-order valence-corrected chi connectivity index (χ3v) is 5.96. The zero-order valence-electron chi connectivity index (χ0n) is 18.5. The fourth-order valence-electron chi connectivity index (χ4n) is 3.80. The number of hydrogen-bond acceptors (Lipinski definition) is 6. The summed E-state index contributed by atoms with van der Waals surface area (Å²) in [6.07, 6.45) is 1.42. The van der Waals surface area contributed by atoms with Gasteiger partial charge in [-0.2, -0.15) is 0 Å². The lowest BCUT2D eigenvalue weighted by Crippen LogP contribution is -2.54. The van der Waals surface area contributed by atoms with Crippen LogP contribution in [0.15, 0.2) is 70.7 Å². The highest BCUT2D eigenvalue weighted by molar-refractivity contribution is 9.10. The van der Waals surface area contributed by atoms with E-state index in [1.54, 1.807) is 30.3 Å². The highest BCUT2D eigenvalue weighted by atomic mass is 79.9. The van der Waals surface area contributed by atoms with E-state index in [2.05, 4.69) is 21.2 Å². The standard InChI is InChI=1S/C26H19BrN2O6/c1-15-3-2-4-16(9-15)13-33-21-7-5-18(27)10-17(21)11-20-24(30)28-26(32)29(25(20)31)19-6-8-22-23(12-19)35-14-34-22/h2-12H,13-14H2,1H3,(H,28,30,32)/b20-11+. The van der Waals surface area contributed by atoms with Gasteiger partial charge < -0.3 is 14.2 Å². The molecule has 4 amide bonds. The van der Waals surface area contributed by atoms with Gasteiger partial charge in [0, 0.05) is 16.1 Å². The van der Waals surface area contributed by atoms with Crippen molar-refractivity contribution in [3.8, 4) is 17.2 Å². The summed E-state index contributed by atoms with van der Waals surface area (Å²) in [5.41, 5.74) is 2.64. The highest BCUT2D eigenvalue weighted by Crippen LogP contribution is 2.36. The van der Waals surface area contributed by atoms with Crippen LogP contribution in [-0.2, 0) is 16.2 Å². The molecule has 0 radical (unpaired) electrons. The number of carbonyl (C=O) groups is 3. The third kappa shape index (κ3) is 4.63. The number of carbonyl (C=O) groups excluding carboxylic acids is 3. The van der Waals surface area contributed by atoms with Gasteiger partial charge >= 0.3 is 6.03 Å². The number of rotatable bonds is 5. The molecular weight excluding hydrogens is 516 g/mol. The number of hydrogen-bond donors (Lipinski definition) is 1. The maximum absolute atomic E-state index is 13.3. The van der Waals surface area contributed by atoms with Crippen molar-refractivity contribution in [2.75, 3.05) is 11.7 Å². The van der Waals surface area contributed by atoms with Gasteiger partial charge in [0.15, 0.2) is 11.5 Å². The first-order valence-electron chi connectivity index (χ1n) is 10.7. The molecule has 2 aliphatic heterocycles. The Bertz CT molecular complexity index is 1400. The second-order valence-electron chi connectivity index (χ2n) is 7.96. The monoisotopic (exact) mass is 534 g/mol. The predicted molar refractivity (Wildman–Crippen MR) is 131 cm³/mol. The quantitative estimate of drug-likeness (QED) is 0.375. The van der Waals surface area contributed by atoms with Crippen LogP contribution in [0, 0.1) is 6.92 Å². The minimum atomic E-state index is -0.846. The Hall–Kier alpha value is -4.11. The summed E-state index contributed by atoms with van der Waals surface area (Å²) < 4.78 is 17.4. The number of urea groups is 1. The van der Waals surface area contributed by atoms with Crippen molar-refractivity contribution in [3.05, 3.63) is 87.4 Å². The summed E-state index contributed by atoms with van der Waals surface area (Å²) in [5, 5.41) is 2.23. The van der Waals surface area contributed by atoms with Gasteiger partial charge in [0.05, 0.1) is 5.69 Å². The molecule has 0 aliphatic carbocycles. The molecule has 3 aromatic carbocycles. The van der Waals surface area contributed by atoms with Gasteiger partial charge in [-0.1, -0.05) is 45.8 Å². The Balaban J connectivity index is 1.47. The van der Waals surface area contributed by atoms with Gasteiger partial charge in [-0.05, 0) is 48.9 Å². The predicted octanol–water partition coefficient (Wildman–Crippen LogP) is 4.73. The van der Waals surface area contributed by atoms with Crippen molar-refractivity contribution in [2.45, 2.75) is 13.5 Å². The highest BCUT2D eigenvalue weighted by Gasteiger charge is 2.37. The van der Waals surface area contributed by atoms with Gasteiger partial charge in [0.2, 0.25) is 6.79 Å². The molecule has 2 aliphatic rings. The summed E-state index contributed by atoms with van der Waals surface area (Å²) in [4.78, 5) is 39.4. The van der Waals surface area contributed by atoms with E-state index in [4.69, 9.17) is 14.2 Å². The maximum Gasteiger partial charge on any atom is 0.335 e. The van der Waals surface area contributed by atoms with E-state index in [0.29, 0.717) is 29.4 Å². The van der Waals surface area contributed by atoms with Crippen LogP contribution in [0.25, 0.3) is 6.08 Å². The van der Waals surface area contributed by atoms with Crippen LogP contribution >= 0.6 is 15.9 Å². The van der Waals surface area contributed by atoms with Crippen LogP contribution in [0.3, 0.4) is 0 Å². The number of barbiturate groups is 1. The number of imide groups is 2. The van der Waals surface area contributed by atoms with E-state index < -0.39 is 17.8 Å². The second kappa shape index (κ2) is 9.27. The smallest absolute Gasteiger partial charge is 0.335 e. The second-order valence-corrected chi connectivity index (χ2v) is 8.87. The molecule has 9 heteroatoms. The molecule has 1 N–H and O–H groups in total. The Morgan fingerprint density at radius 3 is 2.69 bits per heavy atom. The molecule has 5 rings (SSSR count). The minimum absolute atomic E-state index is 0.0524. The zero-order valence-corrected chi connectivity index (χ0v) is 20.1. The molecule has 2 heterocycles. The lowest BCUT2D eigenvalue weighted by molar-refractivity contribution is -0.122. The van der Waals surface area contributed by atoms with E-state index in [-0.39, 0.29) is 18.1 Å². The topological polar surface area (TPSA) is 94.2 Å². The number of nitrogens with zero attached hydrogens (tertiary/aromatic N) is 1. The molecular formula is C26H19BrN2O6. The maximum atomic E-state index is 13.3. The first-order valence-corrected chi connectivity index (χ1v) is 11.5. The Labute approximate surface area is 209 Å². The van der Waals surface area contributed by atoms with Crippen molar-refractivity contribution in [2.24, 2.45) is 0 Å². The van der Waals surface area contributed by atoms with E-state index in [1.165, 1.54) is 12.1 Å². The number of aryl methyl sites for hydroxylation is 1. The van der Waals surface area contributed by atoms with E-state index in [0.717, 1.165) is 20.5 Å². The molecule has 1 saturated heterocycles. The zero-order chi connectivity index (χ0) is 24.5. The first-order chi connectivity index (χ1) is 16.9. The van der Waals surface area contributed by atoms with E-state index >= 15 is 0 Å². The molecule has 0 atom stereocenters. The minimum Gasteiger partial charge on any atom is -0.488 e. The first kappa shape index (κ1) is 22.7. The Kier molecular flexibility index (Phi) is 6.00. The van der Waals surface area contributed by atoms with Gasteiger partial charge in [-0.25, -0.2) is 9.69 Å². The van der Waals surface area contributed by atoms with Crippen LogP contribution < -0.4 is 24.4 Å². The number of anilines is 1. The molecule has 176 valence electrons. The molecule has 8 nitrogen and oxygen atoms in total. The summed E-state index contributed by atoms with van der Waals surface area (Å²) in [6.45, 7) is 2.36. The third-order valence-electron chi connectivity index (χ3n) is 5.46. The number of amides is 4.